The second-order valence-corrected chi connectivity index (χ2v) is 6.70. The van der Waals surface area contributed by atoms with E-state index in [1.54, 1.807) is 0 Å². The maximum absolute atomic E-state index is 13.3. The van der Waals surface area contributed by atoms with E-state index < -0.39 is 15.9 Å². The van der Waals surface area contributed by atoms with Crippen LogP contribution in [0.2, 0.25) is 0 Å². The first-order valence-electron chi connectivity index (χ1n) is 6.88. The lowest BCUT2D eigenvalue weighted by Crippen LogP contribution is -2.34. The molecule has 0 aliphatic carbocycles. The molecule has 1 aromatic carbocycles. The van der Waals surface area contributed by atoms with Crippen LogP contribution in [0.15, 0.2) is 23.1 Å². The van der Waals surface area contributed by atoms with Gasteiger partial charge < -0.3 is 4.90 Å². The summed E-state index contributed by atoms with van der Waals surface area (Å²) in [5.41, 5.74) is 0.377. The molecule has 21 heavy (non-hydrogen) atoms. The summed E-state index contributed by atoms with van der Waals surface area (Å²) in [7, 11) is -4.29. The fourth-order valence-electron chi connectivity index (χ4n) is 2.78. The topological polar surface area (TPSA) is 57.6 Å². The Hall–Kier alpha value is -0.690. The van der Waals surface area contributed by atoms with E-state index in [4.69, 9.17) is 0 Å². The molecule has 0 unspecified atom stereocenters. The van der Waals surface area contributed by atoms with E-state index in [-0.39, 0.29) is 17.3 Å². The Labute approximate surface area is 131 Å². The number of halogens is 2. The van der Waals surface area contributed by atoms with Gasteiger partial charge in [0.05, 0.1) is 4.90 Å². The van der Waals surface area contributed by atoms with Gasteiger partial charge in [-0.3, -0.25) is 4.55 Å². The normalized spacial score (nSPS) is 17.5. The lowest BCUT2D eigenvalue weighted by molar-refractivity contribution is 0.191. The second kappa shape index (κ2) is 7.54. The summed E-state index contributed by atoms with van der Waals surface area (Å²) in [5.74, 6) is -0.140. The van der Waals surface area contributed by atoms with Crippen LogP contribution < -0.4 is 0 Å². The fourth-order valence-corrected chi connectivity index (χ4v) is 3.49. The molecule has 7 heteroatoms. The van der Waals surface area contributed by atoms with Gasteiger partial charge in [-0.05, 0) is 68.6 Å². The third-order valence-electron chi connectivity index (χ3n) is 3.96. The number of hydrogen-bond donors (Lipinski definition) is 1. The molecule has 4 nitrogen and oxygen atoms in total. The second-order valence-electron chi connectivity index (χ2n) is 5.31. The van der Waals surface area contributed by atoms with Crippen molar-refractivity contribution in [3.63, 3.8) is 0 Å². The van der Waals surface area contributed by atoms with Gasteiger partial charge in [0, 0.05) is 0 Å². The van der Waals surface area contributed by atoms with Crippen LogP contribution in [0.3, 0.4) is 0 Å². The van der Waals surface area contributed by atoms with Gasteiger partial charge in [0.25, 0.3) is 10.1 Å². The third kappa shape index (κ3) is 4.92. The predicted octanol–water partition coefficient (Wildman–Crippen LogP) is 2.77. The Morgan fingerprint density at radius 2 is 1.95 bits per heavy atom. The molecule has 1 heterocycles. The minimum atomic E-state index is -4.29. The summed E-state index contributed by atoms with van der Waals surface area (Å²) >= 11 is 0. The third-order valence-corrected chi connectivity index (χ3v) is 4.92. The van der Waals surface area contributed by atoms with Crippen LogP contribution in [0.1, 0.15) is 25.3 Å². The number of nitrogens with zero attached hydrogens (tertiary/aromatic N) is 1. The summed E-state index contributed by atoms with van der Waals surface area (Å²) in [4.78, 5) is 2.17. The van der Waals surface area contributed by atoms with Crippen molar-refractivity contribution >= 4 is 22.5 Å². The van der Waals surface area contributed by atoms with Gasteiger partial charge in [0.1, 0.15) is 5.82 Å². The first kappa shape index (κ1) is 18.4. The lowest BCUT2D eigenvalue weighted by Gasteiger charge is -2.31. The molecule has 0 spiro atoms. The zero-order valence-electron chi connectivity index (χ0n) is 12.0. The molecule has 1 aliphatic heterocycles. The van der Waals surface area contributed by atoms with Crippen LogP contribution in [0.4, 0.5) is 4.39 Å². The van der Waals surface area contributed by atoms with E-state index in [0.29, 0.717) is 17.9 Å². The summed E-state index contributed by atoms with van der Waals surface area (Å²) < 4.78 is 45.2. The highest BCUT2D eigenvalue weighted by Crippen LogP contribution is 2.25. The molecular weight excluding hydrogens is 317 g/mol. The molecule has 0 amide bonds. The zero-order chi connectivity index (χ0) is 14.8. The lowest BCUT2D eigenvalue weighted by atomic mass is 9.90. The Bertz CT molecular complexity index is 572. The molecule has 1 saturated heterocycles. The Kier molecular flexibility index (Phi) is 6.59. The fraction of sp³-hybridized carbons (Fsp3) is 0.571. The number of benzene rings is 1. The minimum Gasteiger partial charge on any atom is -0.304 e. The van der Waals surface area contributed by atoms with Crippen LogP contribution in [0.5, 0.6) is 0 Å². The van der Waals surface area contributed by atoms with Gasteiger partial charge >= 0.3 is 0 Å². The molecule has 0 atom stereocenters. The summed E-state index contributed by atoms with van der Waals surface area (Å²) in [5, 5.41) is 0. The van der Waals surface area contributed by atoms with Crippen LogP contribution in [-0.2, 0) is 16.5 Å². The number of rotatable bonds is 4. The van der Waals surface area contributed by atoms with Crippen LogP contribution in [-0.4, -0.2) is 37.5 Å². The van der Waals surface area contributed by atoms with Crippen LogP contribution in [0.25, 0.3) is 0 Å². The highest BCUT2D eigenvalue weighted by Gasteiger charge is 2.22. The average molecular weight is 338 g/mol. The molecule has 1 aromatic rings. The number of likely N-dealkylation sites (tertiary alicyclic amines) is 1. The largest absolute Gasteiger partial charge is 0.304 e. The highest BCUT2D eigenvalue weighted by molar-refractivity contribution is 7.85. The van der Waals surface area contributed by atoms with Crippen molar-refractivity contribution in [3.8, 4) is 0 Å². The van der Waals surface area contributed by atoms with Gasteiger partial charge in [-0.15, -0.1) is 12.4 Å². The van der Waals surface area contributed by atoms with E-state index in [2.05, 4.69) is 11.8 Å². The van der Waals surface area contributed by atoms with Crippen molar-refractivity contribution in [2.75, 3.05) is 19.6 Å². The Morgan fingerprint density at radius 1 is 1.33 bits per heavy atom. The Morgan fingerprint density at radius 3 is 2.48 bits per heavy atom. The van der Waals surface area contributed by atoms with E-state index in [1.807, 2.05) is 0 Å². The van der Waals surface area contributed by atoms with Crippen LogP contribution in [0, 0.1) is 11.7 Å². The molecular formula is C14H21ClFNO3S. The smallest absolute Gasteiger partial charge is 0.294 e. The van der Waals surface area contributed by atoms with Crippen molar-refractivity contribution in [2.24, 2.45) is 5.92 Å². The molecule has 2 rings (SSSR count). The van der Waals surface area contributed by atoms with Crippen molar-refractivity contribution in [1.29, 1.82) is 0 Å². The number of hydrogen-bond acceptors (Lipinski definition) is 3. The standard InChI is InChI=1S/C14H20FNO3S.ClH/c1-2-16-7-5-11(6-8-16)9-12-10-13(15)3-4-14(12)20(17,18)19;/h3-4,10-11H,2,5-9H2,1H3,(H,17,18,19);1H. The monoisotopic (exact) mass is 337 g/mol. The van der Waals surface area contributed by atoms with Gasteiger partial charge in [0.15, 0.2) is 0 Å². The van der Waals surface area contributed by atoms with E-state index in [0.717, 1.165) is 44.6 Å². The molecule has 1 fully saturated rings. The molecule has 120 valence electrons. The first-order valence-corrected chi connectivity index (χ1v) is 8.32. The van der Waals surface area contributed by atoms with E-state index in [1.165, 1.54) is 6.07 Å². The quantitative estimate of drug-likeness (QED) is 0.858. The maximum Gasteiger partial charge on any atom is 0.294 e. The minimum absolute atomic E-state index is 0. The van der Waals surface area contributed by atoms with Gasteiger partial charge in [0.2, 0.25) is 0 Å². The molecule has 0 bridgehead atoms. The molecule has 1 aliphatic rings. The summed E-state index contributed by atoms with van der Waals surface area (Å²) in [6.07, 6.45) is 2.43. The highest BCUT2D eigenvalue weighted by atomic mass is 35.5. The molecule has 0 saturated carbocycles. The van der Waals surface area contributed by atoms with Crippen molar-refractivity contribution in [3.05, 3.63) is 29.6 Å². The number of piperidine rings is 1. The van der Waals surface area contributed by atoms with Crippen LogP contribution >= 0.6 is 12.4 Å². The molecule has 1 N–H and O–H groups in total. The van der Waals surface area contributed by atoms with Gasteiger partial charge in [-0.25, -0.2) is 4.39 Å². The summed E-state index contributed by atoms with van der Waals surface area (Å²) in [6.45, 7) is 5.10. The first-order chi connectivity index (χ1) is 9.40. The molecule has 0 radical (unpaired) electrons. The zero-order valence-corrected chi connectivity index (χ0v) is 13.6. The molecule has 0 aromatic heterocycles. The predicted molar refractivity (Wildman–Crippen MR) is 82.0 cm³/mol. The Balaban J connectivity index is 0.00000220. The maximum atomic E-state index is 13.3. The van der Waals surface area contributed by atoms with Gasteiger partial charge in [-0.1, -0.05) is 6.92 Å². The van der Waals surface area contributed by atoms with Gasteiger partial charge in [-0.2, -0.15) is 8.42 Å². The van der Waals surface area contributed by atoms with Crippen molar-refractivity contribution in [2.45, 2.75) is 31.1 Å². The van der Waals surface area contributed by atoms with Crippen molar-refractivity contribution < 1.29 is 17.4 Å². The van der Waals surface area contributed by atoms with E-state index >= 15 is 0 Å². The van der Waals surface area contributed by atoms with E-state index in [9.17, 15) is 17.4 Å². The SMILES string of the molecule is CCN1CCC(Cc2cc(F)ccc2S(=O)(=O)O)CC1.Cl. The summed E-state index contributed by atoms with van der Waals surface area (Å²) in [6, 6.07) is 3.42. The average Bonchev–Trinajstić information content (AvgIpc) is 2.38. The van der Waals surface area contributed by atoms with Crippen molar-refractivity contribution in [1.82, 2.24) is 4.90 Å².